The van der Waals surface area contributed by atoms with Gasteiger partial charge in [0.05, 0.1) is 17.2 Å². The number of fused-ring (bicyclic) bond motifs is 1. The predicted octanol–water partition coefficient (Wildman–Crippen LogP) is 6.36. The summed E-state index contributed by atoms with van der Waals surface area (Å²) in [6.45, 7) is 3.30. The molecule has 2 aliphatic heterocycles. The summed E-state index contributed by atoms with van der Waals surface area (Å²) in [5.74, 6) is 0.320. The maximum absolute atomic E-state index is 13.3. The Morgan fingerprint density at radius 3 is 2.40 bits per heavy atom. The third-order valence-corrected chi connectivity index (χ3v) is 8.54. The Labute approximate surface area is 239 Å². The van der Waals surface area contributed by atoms with Gasteiger partial charge in [-0.2, -0.15) is 0 Å². The molecule has 0 radical (unpaired) electrons. The second-order valence-corrected chi connectivity index (χ2v) is 11.5. The van der Waals surface area contributed by atoms with Crippen molar-refractivity contribution in [3.63, 3.8) is 0 Å². The van der Waals surface area contributed by atoms with Crippen molar-refractivity contribution >= 4 is 23.6 Å². The lowest BCUT2D eigenvalue weighted by Gasteiger charge is -2.58. The molecule has 0 aromatic heterocycles. The van der Waals surface area contributed by atoms with Crippen LogP contribution in [-0.4, -0.2) is 30.4 Å². The van der Waals surface area contributed by atoms with E-state index < -0.39 is 11.7 Å². The highest BCUT2D eigenvalue weighted by atomic mass is 35.5. The zero-order chi connectivity index (χ0) is 27.9. The fourth-order valence-corrected chi connectivity index (χ4v) is 7.01. The van der Waals surface area contributed by atoms with Crippen LogP contribution in [0.25, 0.3) is 0 Å². The standard InChI is InChI=1S/C32H33ClN2O5/c1-19(2)39-28(36)18-38-27-17-26-22(16-25(27)33)29(20-10-5-3-6-11-20)23-14-9-15-24-30(21-12-7-4-8-13-21)34-31(37)35-32(23,24)40-26/h3-8,10-13,16-17,19,23-24,29-30H,9,14-15,18H2,1-2H3,(H2,34,35,37)/t23-,24+,29-,30-,32-/m0/s1. The van der Waals surface area contributed by atoms with Gasteiger partial charge in [-0.3, -0.25) is 5.32 Å². The molecule has 0 unspecified atom stereocenters. The second-order valence-electron chi connectivity index (χ2n) is 11.1. The Morgan fingerprint density at radius 2 is 1.70 bits per heavy atom. The average molecular weight is 561 g/mol. The van der Waals surface area contributed by atoms with E-state index in [2.05, 4.69) is 34.9 Å². The molecule has 3 aliphatic rings. The molecule has 7 nitrogen and oxygen atoms in total. The number of esters is 1. The summed E-state index contributed by atoms with van der Waals surface area (Å²) in [5, 5.41) is 6.83. The number of carbonyl (C=O) groups is 2. The van der Waals surface area contributed by atoms with Gasteiger partial charge in [0.1, 0.15) is 11.5 Å². The topological polar surface area (TPSA) is 85.9 Å². The van der Waals surface area contributed by atoms with Crippen molar-refractivity contribution in [2.45, 2.75) is 56.9 Å². The summed E-state index contributed by atoms with van der Waals surface area (Å²) in [4.78, 5) is 25.5. The van der Waals surface area contributed by atoms with Gasteiger partial charge in [-0.1, -0.05) is 78.7 Å². The van der Waals surface area contributed by atoms with Gasteiger partial charge in [-0.05, 0) is 43.9 Å². The van der Waals surface area contributed by atoms with Gasteiger partial charge in [-0.25, -0.2) is 9.59 Å². The molecule has 5 atom stereocenters. The summed E-state index contributed by atoms with van der Waals surface area (Å²) in [6, 6.07) is 23.6. The van der Waals surface area contributed by atoms with Crippen LogP contribution in [0.15, 0.2) is 72.8 Å². The fraction of sp³-hybridized carbons (Fsp3) is 0.375. The molecule has 2 amide bonds. The highest BCUT2D eigenvalue weighted by molar-refractivity contribution is 6.32. The molecule has 2 N–H and O–H groups in total. The van der Waals surface area contributed by atoms with Crippen LogP contribution in [0.4, 0.5) is 4.79 Å². The van der Waals surface area contributed by atoms with E-state index in [-0.39, 0.29) is 42.5 Å². The van der Waals surface area contributed by atoms with Gasteiger partial charge in [0.25, 0.3) is 0 Å². The number of halogens is 1. The van der Waals surface area contributed by atoms with E-state index in [0.717, 1.165) is 36.0 Å². The summed E-state index contributed by atoms with van der Waals surface area (Å²) < 4.78 is 18.0. The number of ether oxygens (including phenoxy) is 3. The van der Waals surface area contributed by atoms with Crippen LogP contribution in [-0.2, 0) is 9.53 Å². The van der Waals surface area contributed by atoms with E-state index in [0.29, 0.717) is 16.5 Å². The SMILES string of the molecule is CC(C)OC(=O)COc1cc2c(cc1Cl)[C@H](c1ccccc1)[C@@H]1CCC[C@@H]3[C@H](c4ccccc4)NC(=O)N[C@@]31O2. The van der Waals surface area contributed by atoms with Gasteiger partial charge in [0, 0.05) is 29.4 Å². The summed E-state index contributed by atoms with van der Waals surface area (Å²) >= 11 is 6.73. The zero-order valence-corrected chi connectivity index (χ0v) is 23.3. The monoisotopic (exact) mass is 560 g/mol. The minimum absolute atomic E-state index is 0.0215. The lowest BCUT2D eigenvalue weighted by Crippen LogP contribution is -2.73. The quantitative estimate of drug-likeness (QED) is 0.343. The molecule has 2 fully saturated rings. The van der Waals surface area contributed by atoms with Crippen molar-refractivity contribution in [1.29, 1.82) is 0 Å². The molecule has 208 valence electrons. The van der Waals surface area contributed by atoms with Gasteiger partial charge >= 0.3 is 12.0 Å². The minimum atomic E-state index is -0.948. The summed E-state index contributed by atoms with van der Waals surface area (Å²) in [7, 11) is 0. The van der Waals surface area contributed by atoms with E-state index in [1.807, 2.05) is 42.5 Å². The van der Waals surface area contributed by atoms with E-state index in [4.69, 9.17) is 25.8 Å². The average Bonchev–Trinajstić information content (AvgIpc) is 2.94. The largest absolute Gasteiger partial charge is 0.480 e. The summed E-state index contributed by atoms with van der Waals surface area (Å²) in [6.07, 6.45) is 2.53. The first-order valence-electron chi connectivity index (χ1n) is 13.9. The molecule has 6 rings (SSSR count). The van der Waals surface area contributed by atoms with Crippen LogP contribution >= 0.6 is 11.6 Å². The molecule has 1 spiro atoms. The molecular formula is C32H33ClN2O5. The minimum Gasteiger partial charge on any atom is -0.480 e. The third-order valence-electron chi connectivity index (χ3n) is 8.24. The van der Waals surface area contributed by atoms with Crippen LogP contribution < -0.4 is 20.1 Å². The number of hydrogen-bond acceptors (Lipinski definition) is 5. The molecule has 0 bridgehead atoms. The van der Waals surface area contributed by atoms with Crippen LogP contribution in [0, 0.1) is 11.8 Å². The predicted molar refractivity (Wildman–Crippen MR) is 152 cm³/mol. The van der Waals surface area contributed by atoms with Gasteiger partial charge in [-0.15, -0.1) is 0 Å². The molecule has 2 heterocycles. The van der Waals surface area contributed by atoms with E-state index in [1.165, 1.54) is 0 Å². The second kappa shape index (κ2) is 10.7. The molecule has 3 aromatic carbocycles. The van der Waals surface area contributed by atoms with Crippen molar-refractivity contribution in [2.24, 2.45) is 11.8 Å². The fourth-order valence-electron chi connectivity index (χ4n) is 6.78. The Balaban J connectivity index is 1.45. The Bertz CT molecular complexity index is 1400. The molecule has 3 aromatic rings. The first-order chi connectivity index (χ1) is 19.4. The van der Waals surface area contributed by atoms with Gasteiger partial charge in [0.15, 0.2) is 12.3 Å². The van der Waals surface area contributed by atoms with Crippen LogP contribution in [0.1, 0.15) is 61.8 Å². The molecule has 40 heavy (non-hydrogen) atoms. The lowest BCUT2D eigenvalue weighted by molar-refractivity contribution is -0.149. The van der Waals surface area contributed by atoms with Gasteiger partial charge < -0.3 is 19.5 Å². The summed E-state index contributed by atoms with van der Waals surface area (Å²) in [5.41, 5.74) is 2.17. The van der Waals surface area contributed by atoms with E-state index >= 15 is 0 Å². The first-order valence-corrected chi connectivity index (χ1v) is 14.3. The molecule has 8 heteroatoms. The van der Waals surface area contributed by atoms with Crippen LogP contribution in [0.3, 0.4) is 0 Å². The number of benzene rings is 3. The van der Waals surface area contributed by atoms with Crippen LogP contribution in [0.5, 0.6) is 11.5 Å². The number of urea groups is 1. The van der Waals surface area contributed by atoms with E-state index in [1.54, 1.807) is 19.9 Å². The maximum Gasteiger partial charge on any atom is 0.344 e. The van der Waals surface area contributed by atoms with Gasteiger partial charge in [0.2, 0.25) is 0 Å². The molecular weight excluding hydrogens is 528 g/mol. The number of nitrogens with one attached hydrogen (secondary N) is 2. The highest BCUT2D eigenvalue weighted by Crippen LogP contribution is 2.58. The van der Waals surface area contributed by atoms with Crippen LogP contribution in [0.2, 0.25) is 5.02 Å². The number of hydrogen-bond donors (Lipinski definition) is 2. The van der Waals surface area contributed by atoms with Crippen molar-refractivity contribution in [1.82, 2.24) is 10.6 Å². The first kappa shape index (κ1) is 26.5. The van der Waals surface area contributed by atoms with Crippen molar-refractivity contribution < 1.29 is 23.8 Å². The smallest absolute Gasteiger partial charge is 0.344 e. The Morgan fingerprint density at radius 1 is 1.02 bits per heavy atom. The number of rotatable bonds is 6. The lowest BCUT2D eigenvalue weighted by atomic mass is 9.60. The normalized spacial score (nSPS) is 26.8. The molecule has 1 saturated heterocycles. The molecule has 1 saturated carbocycles. The Hall–Kier alpha value is -3.71. The Kier molecular flexibility index (Phi) is 7.09. The zero-order valence-electron chi connectivity index (χ0n) is 22.6. The van der Waals surface area contributed by atoms with Crippen molar-refractivity contribution in [3.05, 3.63) is 94.5 Å². The van der Waals surface area contributed by atoms with E-state index in [9.17, 15) is 9.59 Å². The van der Waals surface area contributed by atoms with Crippen molar-refractivity contribution in [2.75, 3.05) is 6.61 Å². The maximum atomic E-state index is 13.3. The highest BCUT2D eigenvalue weighted by Gasteiger charge is 2.61. The number of carbonyl (C=O) groups excluding carboxylic acids is 2. The van der Waals surface area contributed by atoms with Crippen molar-refractivity contribution in [3.8, 4) is 11.5 Å². The molecule has 1 aliphatic carbocycles. The number of amides is 2. The third kappa shape index (κ3) is 4.77.